The number of H-pyrrole nitrogens is 1. The third kappa shape index (κ3) is 4.75. The maximum absolute atomic E-state index is 11.8. The number of aromatic amines is 1. The molecule has 12 heteroatoms. The molecular weight excluding hydrogens is 514 g/mol. The number of amides is 1. The second kappa shape index (κ2) is 8.99. The Balaban J connectivity index is 1.36. The van der Waals surface area contributed by atoms with Gasteiger partial charge in [-0.2, -0.15) is 19.6 Å². The highest BCUT2D eigenvalue weighted by atomic mass is 79.9. The van der Waals surface area contributed by atoms with E-state index < -0.39 is 11.6 Å². The normalized spacial score (nSPS) is 16.3. The predicted molar refractivity (Wildman–Crippen MR) is 137 cm³/mol. The Morgan fingerprint density at radius 3 is 2.83 bits per heavy atom. The first kappa shape index (κ1) is 23.3. The van der Waals surface area contributed by atoms with Crippen molar-refractivity contribution < 1.29 is 9.90 Å². The molecule has 1 fully saturated rings. The van der Waals surface area contributed by atoms with Crippen LogP contribution >= 0.6 is 15.9 Å². The third-order valence-electron chi connectivity index (χ3n) is 6.22. The minimum absolute atomic E-state index is 0.200. The van der Waals surface area contributed by atoms with Crippen molar-refractivity contribution in [3.63, 3.8) is 0 Å². The second-order valence-corrected chi connectivity index (χ2v) is 10.6. The largest absolute Gasteiger partial charge is 0.465 e. The number of rotatable bonds is 6. The zero-order valence-electron chi connectivity index (χ0n) is 19.9. The van der Waals surface area contributed by atoms with Crippen molar-refractivity contribution >= 4 is 50.6 Å². The van der Waals surface area contributed by atoms with E-state index in [4.69, 9.17) is 9.97 Å². The molecule has 1 atom stereocenters. The number of aromatic nitrogens is 6. The lowest BCUT2D eigenvalue weighted by molar-refractivity contribution is 0.0908. The molecule has 0 unspecified atom stereocenters. The predicted octanol–water partition coefficient (Wildman–Crippen LogP) is 3.98. The van der Waals surface area contributed by atoms with Gasteiger partial charge in [0.1, 0.15) is 5.82 Å². The van der Waals surface area contributed by atoms with Gasteiger partial charge in [0, 0.05) is 25.2 Å². The zero-order valence-corrected chi connectivity index (χ0v) is 21.4. The molecule has 1 saturated heterocycles. The molecular formula is C23H28BrN9O2. The maximum atomic E-state index is 11.8. The molecule has 1 aliphatic heterocycles. The number of fused-ring (bicyclic) bond motifs is 2. The minimum Gasteiger partial charge on any atom is -0.465 e. The topological polar surface area (TPSA) is 128 Å². The Morgan fingerprint density at radius 2 is 2.09 bits per heavy atom. The summed E-state index contributed by atoms with van der Waals surface area (Å²) in [6, 6.07) is 7.89. The van der Waals surface area contributed by atoms with E-state index in [1.54, 1.807) is 10.7 Å². The van der Waals surface area contributed by atoms with Gasteiger partial charge in [0.2, 0.25) is 11.9 Å². The number of carbonyl (C=O) groups is 1. The fourth-order valence-electron chi connectivity index (χ4n) is 4.41. The standard InChI is InChI=1S/C23H28BrN9O2/c1-23(2,3)32(22(34)35)13-14-8-9-31(12-14)21-29-19-15(24)10-26-33(19)20(30-21)25-11-18-27-16-6-4-5-7-17(16)28-18/h4-7,10,14H,8-9,11-13H2,1-3H3,(H,27,28)(H,34,35)(H,25,29,30)/t14-/m1/s1. The summed E-state index contributed by atoms with van der Waals surface area (Å²) in [6.07, 6.45) is 1.67. The molecule has 0 aliphatic carbocycles. The first-order valence-electron chi connectivity index (χ1n) is 11.5. The molecule has 0 spiro atoms. The van der Waals surface area contributed by atoms with Crippen molar-refractivity contribution in [3.8, 4) is 0 Å². The van der Waals surface area contributed by atoms with E-state index in [2.05, 4.69) is 41.2 Å². The molecule has 0 radical (unpaired) electrons. The van der Waals surface area contributed by atoms with Gasteiger partial charge in [0.05, 0.1) is 28.2 Å². The van der Waals surface area contributed by atoms with Crippen LogP contribution in [0.3, 0.4) is 0 Å². The van der Waals surface area contributed by atoms with Gasteiger partial charge in [0.15, 0.2) is 5.65 Å². The van der Waals surface area contributed by atoms with Gasteiger partial charge >= 0.3 is 6.09 Å². The fraction of sp³-hybridized carbons (Fsp3) is 0.435. The molecule has 11 nitrogen and oxygen atoms in total. The van der Waals surface area contributed by atoms with Gasteiger partial charge in [-0.3, -0.25) is 0 Å². The number of nitrogens with one attached hydrogen (secondary N) is 2. The van der Waals surface area contributed by atoms with Crippen LogP contribution in [0.25, 0.3) is 16.7 Å². The van der Waals surface area contributed by atoms with Gasteiger partial charge in [-0.25, -0.2) is 9.78 Å². The Bertz CT molecular complexity index is 1340. The van der Waals surface area contributed by atoms with Crippen LogP contribution in [0.4, 0.5) is 16.7 Å². The van der Waals surface area contributed by atoms with E-state index in [1.165, 1.54) is 4.90 Å². The molecule has 35 heavy (non-hydrogen) atoms. The molecule has 5 rings (SSSR count). The number of para-hydroxylation sites is 2. The van der Waals surface area contributed by atoms with Crippen LogP contribution < -0.4 is 10.2 Å². The van der Waals surface area contributed by atoms with E-state index in [-0.39, 0.29) is 5.92 Å². The lowest BCUT2D eigenvalue weighted by Crippen LogP contribution is -2.47. The highest BCUT2D eigenvalue weighted by Gasteiger charge is 2.33. The molecule has 4 aromatic rings. The number of anilines is 2. The van der Waals surface area contributed by atoms with E-state index in [0.717, 1.165) is 34.3 Å². The van der Waals surface area contributed by atoms with Crippen molar-refractivity contribution in [1.82, 2.24) is 34.4 Å². The first-order chi connectivity index (χ1) is 16.7. The number of halogens is 1. The molecule has 1 aliphatic rings. The van der Waals surface area contributed by atoms with E-state index in [9.17, 15) is 9.90 Å². The highest BCUT2D eigenvalue weighted by molar-refractivity contribution is 9.10. The highest BCUT2D eigenvalue weighted by Crippen LogP contribution is 2.27. The van der Waals surface area contributed by atoms with Crippen LogP contribution in [0.5, 0.6) is 0 Å². The van der Waals surface area contributed by atoms with Gasteiger partial charge < -0.3 is 25.2 Å². The number of hydrogen-bond donors (Lipinski definition) is 3. The summed E-state index contributed by atoms with van der Waals surface area (Å²) < 4.78 is 2.43. The van der Waals surface area contributed by atoms with Crippen LogP contribution in [0.2, 0.25) is 0 Å². The van der Waals surface area contributed by atoms with Crippen LogP contribution in [-0.4, -0.2) is 70.8 Å². The summed E-state index contributed by atoms with van der Waals surface area (Å²) in [4.78, 5) is 32.9. The third-order valence-corrected chi connectivity index (χ3v) is 6.78. The summed E-state index contributed by atoms with van der Waals surface area (Å²) in [7, 11) is 0. The Morgan fingerprint density at radius 1 is 1.29 bits per heavy atom. The summed E-state index contributed by atoms with van der Waals surface area (Å²) >= 11 is 3.54. The molecule has 0 bridgehead atoms. The van der Waals surface area contributed by atoms with Gasteiger partial charge in [-0.15, -0.1) is 0 Å². The maximum Gasteiger partial charge on any atom is 0.407 e. The van der Waals surface area contributed by atoms with Crippen molar-refractivity contribution in [1.29, 1.82) is 0 Å². The van der Waals surface area contributed by atoms with Crippen LogP contribution in [-0.2, 0) is 6.54 Å². The second-order valence-electron chi connectivity index (χ2n) is 9.79. The summed E-state index contributed by atoms with van der Waals surface area (Å²) in [5.41, 5.74) is 2.10. The van der Waals surface area contributed by atoms with Crippen LogP contribution in [0.15, 0.2) is 34.9 Å². The lowest BCUT2D eigenvalue weighted by Gasteiger charge is -2.35. The molecule has 3 aromatic heterocycles. The smallest absolute Gasteiger partial charge is 0.407 e. The van der Waals surface area contributed by atoms with E-state index in [1.807, 2.05) is 45.0 Å². The molecule has 3 N–H and O–H groups in total. The summed E-state index contributed by atoms with van der Waals surface area (Å²) in [5.74, 6) is 2.14. The monoisotopic (exact) mass is 541 g/mol. The molecule has 0 saturated carbocycles. The summed E-state index contributed by atoms with van der Waals surface area (Å²) in [5, 5.41) is 17.4. The number of benzene rings is 1. The number of nitrogens with zero attached hydrogens (tertiary/aromatic N) is 7. The molecule has 4 heterocycles. The fourth-order valence-corrected chi connectivity index (χ4v) is 4.76. The SMILES string of the molecule is CC(C)(C)N(C[C@@H]1CCN(c2nc(NCc3nc4ccccc4[nH]3)n3ncc(Br)c3n2)C1)C(=O)O. The lowest BCUT2D eigenvalue weighted by atomic mass is 10.0. The van der Waals surface area contributed by atoms with Crippen LogP contribution in [0.1, 0.15) is 33.0 Å². The molecule has 1 aromatic carbocycles. The van der Waals surface area contributed by atoms with Crippen molar-refractivity contribution in [2.24, 2.45) is 5.92 Å². The molecule has 184 valence electrons. The quantitative estimate of drug-likeness (QED) is 0.334. The average Bonchev–Trinajstić information content (AvgIpc) is 3.53. The Kier molecular flexibility index (Phi) is 5.99. The van der Waals surface area contributed by atoms with Gasteiger partial charge in [0.25, 0.3) is 0 Å². The number of hydrogen-bond acceptors (Lipinski definition) is 7. The van der Waals surface area contributed by atoms with Crippen LogP contribution in [0, 0.1) is 5.92 Å². The first-order valence-corrected chi connectivity index (χ1v) is 12.3. The van der Waals surface area contributed by atoms with Gasteiger partial charge in [-0.1, -0.05) is 12.1 Å². The van der Waals surface area contributed by atoms with E-state index in [0.29, 0.717) is 37.2 Å². The van der Waals surface area contributed by atoms with Crippen molar-refractivity contribution in [2.75, 3.05) is 29.9 Å². The minimum atomic E-state index is -0.895. The Labute approximate surface area is 210 Å². The Hall–Kier alpha value is -3.41. The van der Waals surface area contributed by atoms with Crippen molar-refractivity contribution in [2.45, 2.75) is 39.3 Å². The van der Waals surface area contributed by atoms with Gasteiger partial charge in [-0.05, 0) is 61.2 Å². The molecule has 1 amide bonds. The number of carboxylic acid groups (broad SMARTS) is 1. The van der Waals surface area contributed by atoms with Crippen molar-refractivity contribution in [3.05, 3.63) is 40.8 Å². The summed E-state index contributed by atoms with van der Waals surface area (Å²) in [6.45, 7) is 8.12. The zero-order chi connectivity index (χ0) is 24.7. The average molecular weight is 542 g/mol. The van der Waals surface area contributed by atoms with E-state index >= 15 is 0 Å². The number of imidazole rings is 1.